The number of rotatable bonds is 4. The fraction of sp³-hybridized carbons (Fsp3) is 0.241. The standard InChI is InChI=1S/C29H26BrN3O3/c1-19-3-2-4-21(13-19)26-16-24(23-15-22(30)6-7-25(23)31-26)29(34)33-11-9-32(10-12-33)17-20-5-8-27-28(14-20)36-18-35-27/h2-8,13-16H,9-12,17-18H2,1H3. The SMILES string of the molecule is Cc1cccc(-c2cc(C(=O)N3CCN(Cc4ccc5c(c4)OCO5)CC3)c3cc(Br)ccc3n2)c1. The molecule has 1 saturated heterocycles. The zero-order valence-electron chi connectivity index (χ0n) is 20.0. The van der Waals surface area contributed by atoms with Gasteiger partial charge in [-0.3, -0.25) is 9.69 Å². The second-order valence-corrected chi connectivity index (χ2v) is 10.3. The van der Waals surface area contributed by atoms with Crippen LogP contribution in [0.5, 0.6) is 11.5 Å². The second kappa shape index (κ2) is 9.56. The first-order chi connectivity index (χ1) is 17.5. The Morgan fingerprint density at radius 1 is 0.944 bits per heavy atom. The summed E-state index contributed by atoms with van der Waals surface area (Å²) in [6.07, 6.45) is 0. The molecule has 182 valence electrons. The van der Waals surface area contributed by atoms with Gasteiger partial charge in [0, 0.05) is 48.1 Å². The number of pyridine rings is 1. The molecule has 0 aliphatic carbocycles. The van der Waals surface area contributed by atoms with Gasteiger partial charge in [-0.2, -0.15) is 0 Å². The predicted molar refractivity (Wildman–Crippen MR) is 143 cm³/mol. The van der Waals surface area contributed by atoms with Crippen LogP contribution in [0.15, 0.2) is 71.2 Å². The molecule has 0 atom stereocenters. The van der Waals surface area contributed by atoms with E-state index in [-0.39, 0.29) is 12.7 Å². The third-order valence-electron chi connectivity index (χ3n) is 6.82. The Labute approximate surface area is 218 Å². The van der Waals surface area contributed by atoms with Crippen molar-refractivity contribution in [3.63, 3.8) is 0 Å². The van der Waals surface area contributed by atoms with Gasteiger partial charge in [0.25, 0.3) is 5.91 Å². The van der Waals surface area contributed by atoms with E-state index in [1.54, 1.807) is 0 Å². The van der Waals surface area contributed by atoms with Crippen LogP contribution in [-0.2, 0) is 6.54 Å². The maximum absolute atomic E-state index is 13.8. The third-order valence-corrected chi connectivity index (χ3v) is 7.31. The van der Waals surface area contributed by atoms with Gasteiger partial charge in [-0.15, -0.1) is 0 Å². The van der Waals surface area contributed by atoms with Crippen LogP contribution in [0.2, 0.25) is 0 Å². The number of ether oxygens (including phenoxy) is 2. The molecule has 1 aromatic heterocycles. The zero-order chi connectivity index (χ0) is 24.6. The Kier molecular flexibility index (Phi) is 6.11. The number of amides is 1. The average molecular weight is 544 g/mol. The van der Waals surface area contributed by atoms with E-state index in [4.69, 9.17) is 14.5 Å². The van der Waals surface area contributed by atoms with Crippen LogP contribution in [0.1, 0.15) is 21.5 Å². The number of hydrogen-bond donors (Lipinski definition) is 0. The first-order valence-corrected chi connectivity index (χ1v) is 12.9. The highest BCUT2D eigenvalue weighted by Crippen LogP contribution is 2.33. The molecule has 3 heterocycles. The Morgan fingerprint density at radius 3 is 2.61 bits per heavy atom. The van der Waals surface area contributed by atoms with Crippen molar-refractivity contribution in [2.24, 2.45) is 0 Å². The number of nitrogens with zero attached hydrogens (tertiary/aromatic N) is 3. The van der Waals surface area contributed by atoms with Crippen molar-refractivity contribution in [3.05, 3.63) is 87.9 Å². The molecular formula is C29H26BrN3O3. The number of carbonyl (C=O) groups is 1. The highest BCUT2D eigenvalue weighted by Gasteiger charge is 2.25. The number of piperazine rings is 1. The van der Waals surface area contributed by atoms with Gasteiger partial charge >= 0.3 is 0 Å². The van der Waals surface area contributed by atoms with E-state index in [1.165, 1.54) is 5.56 Å². The monoisotopic (exact) mass is 543 g/mol. The molecule has 0 radical (unpaired) electrons. The molecule has 4 aromatic rings. The van der Waals surface area contributed by atoms with Crippen molar-refractivity contribution >= 4 is 32.7 Å². The van der Waals surface area contributed by atoms with E-state index in [0.29, 0.717) is 18.7 Å². The van der Waals surface area contributed by atoms with Gasteiger partial charge in [-0.1, -0.05) is 45.8 Å². The fourth-order valence-electron chi connectivity index (χ4n) is 4.90. The summed E-state index contributed by atoms with van der Waals surface area (Å²) in [5.74, 6) is 1.66. The van der Waals surface area contributed by atoms with Crippen molar-refractivity contribution in [1.29, 1.82) is 0 Å². The molecule has 2 aliphatic heterocycles. The minimum atomic E-state index is 0.0529. The number of halogens is 1. The van der Waals surface area contributed by atoms with Crippen LogP contribution < -0.4 is 9.47 Å². The Bertz CT molecular complexity index is 1460. The summed E-state index contributed by atoms with van der Waals surface area (Å²) >= 11 is 3.57. The topological polar surface area (TPSA) is 54.9 Å². The zero-order valence-corrected chi connectivity index (χ0v) is 21.6. The van der Waals surface area contributed by atoms with Crippen molar-refractivity contribution in [1.82, 2.24) is 14.8 Å². The summed E-state index contributed by atoms with van der Waals surface area (Å²) in [6, 6.07) is 22.2. The molecule has 2 aliphatic rings. The van der Waals surface area contributed by atoms with Crippen molar-refractivity contribution in [2.75, 3.05) is 33.0 Å². The van der Waals surface area contributed by atoms with Gasteiger partial charge in [0.15, 0.2) is 11.5 Å². The summed E-state index contributed by atoms with van der Waals surface area (Å²) in [5, 5.41) is 0.869. The van der Waals surface area contributed by atoms with E-state index >= 15 is 0 Å². The van der Waals surface area contributed by atoms with Crippen molar-refractivity contribution < 1.29 is 14.3 Å². The van der Waals surface area contributed by atoms with Crippen LogP contribution in [0.25, 0.3) is 22.2 Å². The number of aromatic nitrogens is 1. The summed E-state index contributed by atoms with van der Waals surface area (Å²) in [7, 11) is 0. The molecule has 1 fully saturated rings. The van der Waals surface area contributed by atoms with Crippen LogP contribution in [0.3, 0.4) is 0 Å². The first-order valence-electron chi connectivity index (χ1n) is 12.1. The lowest BCUT2D eigenvalue weighted by atomic mass is 10.0. The maximum Gasteiger partial charge on any atom is 0.254 e. The maximum atomic E-state index is 13.8. The quantitative estimate of drug-likeness (QED) is 0.332. The number of benzene rings is 3. The highest BCUT2D eigenvalue weighted by atomic mass is 79.9. The Balaban J connectivity index is 1.23. The molecule has 6 rings (SSSR count). The second-order valence-electron chi connectivity index (χ2n) is 9.34. The summed E-state index contributed by atoms with van der Waals surface area (Å²) in [4.78, 5) is 23.0. The lowest BCUT2D eigenvalue weighted by Gasteiger charge is -2.35. The lowest BCUT2D eigenvalue weighted by Crippen LogP contribution is -2.48. The number of hydrogen-bond acceptors (Lipinski definition) is 5. The van der Waals surface area contributed by atoms with E-state index in [0.717, 1.165) is 63.3 Å². The molecular weight excluding hydrogens is 518 g/mol. The third kappa shape index (κ3) is 4.56. The minimum absolute atomic E-state index is 0.0529. The molecule has 7 heteroatoms. The van der Waals surface area contributed by atoms with E-state index in [9.17, 15) is 4.79 Å². The van der Waals surface area contributed by atoms with Gasteiger partial charge in [-0.05, 0) is 55.0 Å². The van der Waals surface area contributed by atoms with Crippen LogP contribution >= 0.6 is 15.9 Å². The van der Waals surface area contributed by atoms with E-state index < -0.39 is 0 Å². The van der Waals surface area contributed by atoms with Crippen molar-refractivity contribution in [2.45, 2.75) is 13.5 Å². The average Bonchev–Trinajstić information content (AvgIpc) is 3.36. The number of fused-ring (bicyclic) bond motifs is 2. The lowest BCUT2D eigenvalue weighted by molar-refractivity contribution is 0.0630. The molecule has 36 heavy (non-hydrogen) atoms. The summed E-state index contributed by atoms with van der Waals surface area (Å²) < 4.78 is 11.9. The molecule has 0 bridgehead atoms. The summed E-state index contributed by atoms with van der Waals surface area (Å²) in [6.45, 7) is 6.17. The van der Waals surface area contributed by atoms with Crippen molar-refractivity contribution in [3.8, 4) is 22.8 Å². The Hall–Kier alpha value is -3.42. The van der Waals surface area contributed by atoms with Gasteiger partial charge in [0.05, 0.1) is 16.8 Å². The van der Waals surface area contributed by atoms with Crippen LogP contribution in [0.4, 0.5) is 0 Å². The van der Waals surface area contributed by atoms with Crippen LogP contribution in [0, 0.1) is 6.92 Å². The van der Waals surface area contributed by atoms with E-state index in [2.05, 4.69) is 46.0 Å². The van der Waals surface area contributed by atoms with Gasteiger partial charge in [-0.25, -0.2) is 4.98 Å². The fourth-order valence-corrected chi connectivity index (χ4v) is 5.27. The van der Waals surface area contributed by atoms with E-state index in [1.807, 2.05) is 53.4 Å². The molecule has 1 amide bonds. The predicted octanol–water partition coefficient (Wildman–Crippen LogP) is 5.66. The normalized spacial score (nSPS) is 15.4. The molecule has 0 unspecified atom stereocenters. The molecule has 6 nitrogen and oxygen atoms in total. The summed E-state index contributed by atoms with van der Waals surface area (Å²) in [5.41, 5.74) is 5.70. The smallest absolute Gasteiger partial charge is 0.254 e. The molecule has 0 saturated carbocycles. The Morgan fingerprint density at radius 2 is 1.78 bits per heavy atom. The molecule has 0 spiro atoms. The van der Waals surface area contributed by atoms with Gasteiger partial charge < -0.3 is 14.4 Å². The van der Waals surface area contributed by atoms with Gasteiger partial charge in [0.2, 0.25) is 6.79 Å². The largest absolute Gasteiger partial charge is 0.454 e. The van der Waals surface area contributed by atoms with Gasteiger partial charge in [0.1, 0.15) is 0 Å². The first kappa shape index (κ1) is 23.0. The minimum Gasteiger partial charge on any atom is -0.454 e. The number of aryl methyl sites for hydroxylation is 1. The number of carbonyl (C=O) groups excluding carboxylic acids is 1. The molecule has 0 N–H and O–H groups in total. The van der Waals surface area contributed by atoms with Crippen LogP contribution in [-0.4, -0.2) is 53.7 Å². The molecule has 3 aromatic carbocycles. The highest BCUT2D eigenvalue weighted by molar-refractivity contribution is 9.10.